The molecule has 0 unspecified atom stereocenters. The molecule has 0 saturated carbocycles. The number of halogens is 3. The van der Waals surface area contributed by atoms with Crippen molar-refractivity contribution in [2.24, 2.45) is 0 Å². The average molecular weight is 527 g/mol. The van der Waals surface area contributed by atoms with Gasteiger partial charge in [0.2, 0.25) is 5.82 Å². The molecular formula is C26H21F3N4O3S. The highest BCUT2D eigenvalue weighted by Gasteiger charge is 2.37. The van der Waals surface area contributed by atoms with Crippen LogP contribution in [0, 0.1) is 11.3 Å². The third kappa shape index (κ3) is 5.65. The Hall–Kier alpha value is -4.17. The van der Waals surface area contributed by atoms with E-state index in [1.54, 1.807) is 37.3 Å². The van der Waals surface area contributed by atoms with Gasteiger partial charge in [0.15, 0.2) is 9.84 Å². The van der Waals surface area contributed by atoms with Gasteiger partial charge in [-0.05, 0) is 53.6 Å². The minimum Gasteiger partial charge on any atom is -0.348 e. The van der Waals surface area contributed by atoms with E-state index in [0.29, 0.717) is 16.7 Å². The van der Waals surface area contributed by atoms with Crippen molar-refractivity contribution in [3.63, 3.8) is 0 Å². The van der Waals surface area contributed by atoms with Crippen molar-refractivity contribution in [2.75, 3.05) is 5.75 Å². The molecule has 4 aromatic rings. The largest absolute Gasteiger partial charge is 0.449 e. The van der Waals surface area contributed by atoms with Crippen molar-refractivity contribution in [1.82, 2.24) is 14.9 Å². The lowest BCUT2D eigenvalue weighted by atomic mass is 10.1. The van der Waals surface area contributed by atoms with Gasteiger partial charge < -0.3 is 9.88 Å². The van der Waals surface area contributed by atoms with Crippen LogP contribution in [0.5, 0.6) is 0 Å². The number of rotatable bonds is 7. The molecule has 1 amide bonds. The number of hydrogen-bond acceptors (Lipinski definition) is 5. The van der Waals surface area contributed by atoms with E-state index in [1.165, 1.54) is 36.4 Å². The van der Waals surface area contributed by atoms with E-state index in [4.69, 9.17) is 5.26 Å². The summed E-state index contributed by atoms with van der Waals surface area (Å²) >= 11 is 0. The van der Waals surface area contributed by atoms with Gasteiger partial charge in [0.05, 0.1) is 33.3 Å². The molecule has 0 aliphatic carbocycles. The van der Waals surface area contributed by atoms with E-state index in [2.05, 4.69) is 10.3 Å². The number of carbonyl (C=O) groups is 1. The van der Waals surface area contributed by atoms with Crippen LogP contribution in [-0.2, 0) is 29.1 Å². The van der Waals surface area contributed by atoms with E-state index in [0.717, 1.165) is 4.57 Å². The Morgan fingerprint density at radius 2 is 1.78 bits per heavy atom. The quantitative estimate of drug-likeness (QED) is 0.376. The Balaban J connectivity index is 1.57. The lowest BCUT2D eigenvalue weighted by molar-refractivity contribution is -0.146. The van der Waals surface area contributed by atoms with Crippen LogP contribution in [0.2, 0.25) is 0 Å². The first-order valence-corrected chi connectivity index (χ1v) is 12.8. The first kappa shape index (κ1) is 25.9. The third-order valence-electron chi connectivity index (χ3n) is 5.78. The standard InChI is InChI=1S/C26H21F3N4O3S/c1-2-37(35,36)21-9-6-17(7-10-21)15-31-24(34)20-8-11-23-22(13-20)32-25(26(27,28)29)33(23)16-19-5-3-4-18(12-19)14-30/h3-13H,2,15-16H2,1H3,(H,31,34). The lowest BCUT2D eigenvalue weighted by Gasteiger charge is -2.12. The van der Waals surface area contributed by atoms with Crippen LogP contribution in [0.1, 0.15) is 39.8 Å². The van der Waals surface area contributed by atoms with Gasteiger partial charge in [0.25, 0.3) is 5.91 Å². The van der Waals surface area contributed by atoms with Gasteiger partial charge in [-0.3, -0.25) is 4.79 Å². The zero-order valence-electron chi connectivity index (χ0n) is 19.6. The fraction of sp³-hybridized carbons (Fsp3) is 0.192. The maximum atomic E-state index is 13.8. The zero-order chi connectivity index (χ0) is 26.8. The summed E-state index contributed by atoms with van der Waals surface area (Å²) in [6.07, 6.45) is -4.73. The molecule has 1 heterocycles. The molecule has 0 aliphatic heterocycles. The summed E-state index contributed by atoms with van der Waals surface area (Å²) in [6, 6.07) is 18.5. The van der Waals surface area contributed by atoms with Gasteiger partial charge >= 0.3 is 6.18 Å². The number of carbonyl (C=O) groups excluding carboxylic acids is 1. The zero-order valence-corrected chi connectivity index (χ0v) is 20.4. The molecule has 0 spiro atoms. The second-order valence-electron chi connectivity index (χ2n) is 8.27. The van der Waals surface area contributed by atoms with Gasteiger partial charge in [-0.25, -0.2) is 13.4 Å². The number of fused-ring (bicyclic) bond motifs is 1. The summed E-state index contributed by atoms with van der Waals surface area (Å²) in [4.78, 5) is 16.6. The Morgan fingerprint density at radius 1 is 1.05 bits per heavy atom. The van der Waals surface area contributed by atoms with Crippen LogP contribution >= 0.6 is 0 Å². The summed E-state index contributed by atoms with van der Waals surface area (Å²) in [5, 5.41) is 11.8. The van der Waals surface area contributed by atoms with Gasteiger partial charge in [-0.1, -0.05) is 31.2 Å². The molecule has 0 saturated heterocycles. The number of benzene rings is 3. The SMILES string of the molecule is CCS(=O)(=O)c1ccc(CNC(=O)c2ccc3c(c2)nc(C(F)(F)F)n3Cc2cccc(C#N)c2)cc1. The molecule has 0 fully saturated rings. The monoisotopic (exact) mass is 526 g/mol. The summed E-state index contributed by atoms with van der Waals surface area (Å²) in [7, 11) is -3.34. The van der Waals surface area contributed by atoms with Gasteiger partial charge in [0, 0.05) is 18.7 Å². The topological polar surface area (TPSA) is 105 Å². The second kappa shape index (κ2) is 10.1. The van der Waals surface area contributed by atoms with E-state index in [9.17, 15) is 26.4 Å². The second-order valence-corrected chi connectivity index (χ2v) is 10.5. The smallest absolute Gasteiger partial charge is 0.348 e. The molecule has 190 valence electrons. The maximum Gasteiger partial charge on any atom is 0.449 e. The predicted molar refractivity (Wildman–Crippen MR) is 130 cm³/mol. The number of amides is 1. The number of alkyl halides is 3. The fourth-order valence-corrected chi connectivity index (χ4v) is 4.72. The number of nitrogens with one attached hydrogen (secondary N) is 1. The highest BCUT2D eigenvalue weighted by atomic mass is 32.2. The van der Waals surface area contributed by atoms with Crippen LogP contribution in [0.4, 0.5) is 13.2 Å². The van der Waals surface area contributed by atoms with E-state index in [1.807, 2.05) is 6.07 Å². The molecular weight excluding hydrogens is 505 g/mol. The van der Waals surface area contributed by atoms with Gasteiger partial charge in [-0.15, -0.1) is 0 Å². The number of imidazole rings is 1. The predicted octanol–water partition coefficient (Wildman–Crippen LogP) is 4.70. The Kier molecular flexibility index (Phi) is 7.05. The molecule has 4 rings (SSSR count). The minimum atomic E-state index is -4.73. The minimum absolute atomic E-state index is 0.00513. The average Bonchev–Trinajstić information content (AvgIpc) is 3.25. The summed E-state index contributed by atoms with van der Waals surface area (Å²) in [5.41, 5.74) is 1.82. The van der Waals surface area contributed by atoms with E-state index < -0.39 is 27.7 Å². The van der Waals surface area contributed by atoms with Crippen LogP contribution in [0.25, 0.3) is 11.0 Å². The van der Waals surface area contributed by atoms with Crippen molar-refractivity contribution in [1.29, 1.82) is 5.26 Å². The molecule has 0 radical (unpaired) electrons. The van der Waals surface area contributed by atoms with Crippen LogP contribution in [-0.4, -0.2) is 29.6 Å². The number of nitrogens with zero attached hydrogens (tertiary/aromatic N) is 3. The summed E-state index contributed by atoms with van der Waals surface area (Å²) in [6.45, 7) is 1.49. The maximum absolute atomic E-state index is 13.8. The van der Waals surface area contributed by atoms with Crippen molar-refractivity contribution in [3.05, 3.63) is 94.8 Å². The van der Waals surface area contributed by atoms with Gasteiger partial charge in [-0.2, -0.15) is 18.4 Å². The van der Waals surface area contributed by atoms with Crippen LogP contribution in [0.3, 0.4) is 0 Å². The molecule has 11 heteroatoms. The molecule has 1 aromatic heterocycles. The number of sulfone groups is 1. The van der Waals surface area contributed by atoms with E-state index in [-0.39, 0.29) is 40.3 Å². The molecule has 0 bridgehead atoms. The van der Waals surface area contributed by atoms with E-state index >= 15 is 0 Å². The number of nitriles is 1. The third-order valence-corrected chi connectivity index (χ3v) is 7.53. The lowest BCUT2D eigenvalue weighted by Crippen LogP contribution is -2.22. The van der Waals surface area contributed by atoms with Crippen molar-refractivity contribution < 1.29 is 26.4 Å². The van der Waals surface area contributed by atoms with Gasteiger partial charge in [0.1, 0.15) is 0 Å². The van der Waals surface area contributed by atoms with Crippen LogP contribution < -0.4 is 5.32 Å². The van der Waals surface area contributed by atoms with Crippen LogP contribution in [0.15, 0.2) is 71.6 Å². The molecule has 37 heavy (non-hydrogen) atoms. The highest BCUT2D eigenvalue weighted by Crippen LogP contribution is 2.32. The Morgan fingerprint density at radius 3 is 2.43 bits per heavy atom. The highest BCUT2D eigenvalue weighted by molar-refractivity contribution is 7.91. The fourth-order valence-electron chi connectivity index (χ4n) is 3.83. The Bertz CT molecular complexity index is 1620. The van der Waals surface area contributed by atoms with Crippen molar-refractivity contribution >= 4 is 26.8 Å². The Labute approximate surface area is 211 Å². The van der Waals surface area contributed by atoms with Crippen molar-refractivity contribution in [2.45, 2.75) is 31.1 Å². The summed E-state index contributed by atoms with van der Waals surface area (Å²) in [5.74, 6) is -1.65. The molecule has 3 aromatic carbocycles. The molecule has 0 aliphatic rings. The molecule has 7 nitrogen and oxygen atoms in total. The molecule has 1 N–H and O–H groups in total. The number of aromatic nitrogens is 2. The first-order valence-electron chi connectivity index (χ1n) is 11.2. The number of hydrogen-bond donors (Lipinski definition) is 1. The first-order chi connectivity index (χ1) is 17.5. The normalized spacial score (nSPS) is 11.9. The summed E-state index contributed by atoms with van der Waals surface area (Å²) < 4.78 is 66.2. The van der Waals surface area contributed by atoms with Crippen molar-refractivity contribution in [3.8, 4) is 6.07 Å². The molecule has 0 atom stereocenters.